The largest absolute Gasteiger partial charge is 0.260 e. The average Bonchev–Trinajstić information content (AvgIpc) is 2.15. The highest BCUT2D eigenvalue weighted by atomic mass is 19.3. The first-order valence-corrected chi connectivity index (χ1v) is 4.29. The molecule has 1 aromatic heterocycles. The van der Waals surface area contributed by atoms with Crippen molar-refractivity contribution in [1.29, 1.82) is 5.26 Å². The van der Waals surface area contributed by atoms with Crippen LogP contribution in [0, 0.1) is 11.3 Å². The summed E-state index contributed by atoms with van der Waals surface area (Å²) in [5, 5.41) is 8.90. The fourth-order valence-corrected chi connectivity index (χ4v) is 1.79. The first-order valence-electron chi connectivity index (χ1n) is 4.29. The van der Waals surface area contributed by atoms with Gasteiger partial charge in [0.05, 0.1) is 11.8 Å². The zero-order valence-electron chi connectivity index (χ0n) is 7.37. The Labute approximate surface area is 80.2 Å². The van der Waals surface area contributed by atoms with Crippen LogP contribution in [0.15, 0.2) is 24.4 Å². The molecule has 4 heteroatoms. The summed E-state index contributed by atoms with van der Waals surface area (Å²) in [4.78, 5) is 3.95. The van der Waals surface area contributed by atoms with E-state index in [4.69, 9.17) is 5.26 Å². The zero-order chi connectivity index (χ0) is 10.2. The van der Waals surface area contributed by atoms with Crippen molar-refractivity contribution in [3.05, 3.63) is 30.1 Å². The number of alkyl halides is 2. The highest BCUT2D eigenvalue weighted by molar-refractivity contribution is 5.32. The Morgan fingerprint density at radius 1 is 1.36 bits per heavy atom. The topological polar surface area (TPSA) is 36.7 Å². The molecule has 2 rings (SSSR count). The Hall–Kier alpha value is -1.50. The van der Waals surface area contributed by atoms with Crippen molar-refractivity contribution in [2.75, 3.05) is 0 Å². The highest BCUT2D eigenvalue weighted by Crippen LogP contribution is 2.52. The summed E-state index contributed by atoms with van der Waals surface area (Å²) in [7, 11) is 0. The van der Waals surface area contributed by atoms with E-state index >= 15 is 0 Å². The fourth-order valence-electron chi connectivity index (χ4n) is 1.79. The second kappa shape index (κ2) is 2.74. The lowest BCUT2D eigenvalue weighted by molar-refractivity contribution is -0.110. The van der Waals surface area contributed by atoms with Crippen LogP contribution >= 0.6 is 0 Å². The fraction of sp³-hybridized carbons (Fsp3) is 0.400. The van der Waals surface area contributed by atoms with E-state index in [0.29, 0.717) is 5.69 Å². The molecule has 2 nitrogen and oxygen atoms in total. The maximum absolute atomic E-state index is 12.7. The van der Waals surface area contributed by atoms with Gasteiger partial charge < -0.3 is 0 Å². The Morgan fingerprint density at radius 2 is 2.07 bits per heavy atom. The Kier molecular flexibility index (Phi) is 1.78. The molecule has 1 aromatic rings. The maximum atomic E-state index is 12.7. The minimum Gasteiger partial charge on any atom is -0.260 e. The van der Waals surface area contributed by atoms with Gasteiger partial charge in [-0.15, -0.1) is 0 Å². The number of pyridine rings is 1. The molecule has 72 valence electrons. The van der Waals surface area contributed by atoms with E-state index in [-0.39, 0.29) is 0 Å². The van der Waals surface area contributed by atoms with Crippen LogP contribution in [0.1, 0.15) is 18.5 Å². The molecular formula is C10H8F2N2. The van der Waals surface area contributed by atoms with E-state index in [9.17, 15) is 8.78 Å². The molecule has 0 unspecified atom stereocenters. The van der Waals surface area contributed by atoms with Gasteiger partial charge in [0.15, 0.2) is 0 Å². The quantitative estimate of drug-likeness (QED) is 0.687. The van der Waals surface area contributed by atoms with E-state index in [2.05, 4.69) is 4.98 Å². The molecule has 0 N–H and O–H groups in total. The van der Waals surface area contributed by atoms with Gasteiger partial charge in [-0.2, -0.15) is 5.26 Å². The van der Waals surface area contributed by atoms with Crippen molar-refractivity contribution >= 4 is 0 Å². The third-order valence-corrected chi connectivity index (χ3v) is 2.49. The molecule has 14 heavy (non-hydrogen) atoms. The molecule has 1 aliphatic rings. The molecule has 1 heterocycles. The van der Waals surface area contributed by atoms with Gasteiger partial charge in [0.1, 0.15) is 5.41 Å². The first kappa shape index (κ1) is 9.07. The summed E-state index contributed by atoms with van der Waals surface area (Å²) in [6, 6.07) is 6.97. The van der Waals surface area contributed by atoms with Gasteiger partial charge in [-0.25, -0.2) is 8.78 Å². The molecule has 0 amide bonds. The third-order valence-electron chi connectivity index (χ3n) is 2.49. The van der Waals surface area contributed by atoms with Gasteiger partial charge in [-0.1, -0.05) is 6.07 Å². The predicted molar refractivity (Wildman–Crippen MR) is 45.7 cm³/mol. The van der Waals surface area contributed by atoms with Crippen molar-refractivity contribution in [2.24, 2.45) is 0 Å². The Bertz CT molecular complexity index is 373. The van der Waals surface area contributed by atoms with Crippen molar-refractivity contribution in [3.8, 4) is 6.07 Å². The SMILES string of the molecule is N#CC1(c2ccccn2)CC(F)(F)C1. The van der Waals surface area contributed by atoms with E-state index in [0.717, 1.165) is 0 Å². The van der Waals surface area contributed by atoms with Crippen LogP contribution in [-0.4, -0.2) is 10.9 Å². The van der Waals surface area contributed by atoms with E-state index in [1.165, 1.54) is 6.20 Å². The van der Waals surface area contributed by atoms with E-state index < -0.39 is 24.2 Å². The average molecular weight is 194 g/mol. The van der Waals surface area contributed by atoms with Crippen LogP contribution in [-0.2, 0) is 5.41 Å². The zero-order valence-corrected chi connectivity index (χ0v) is 7.37. The lowest BCUT2D eigenvalue weighted by Crippen LogP contribution is -2.48. The molecule has 1 saturated carbocycles. The van der Waals surface area contributed by atoms with Crippen LogP contribution in [0.4, 0.5) is 8.78 Å². The summed E-state index contributed by atoms with van der Waals surface area (Å²) >= 11 is 0. The smallest absolute Gasteiger partial charge is 0.252 e. The number of rotatable bonds is 1. The van der Waals surface area contributed by atoms with Crippen molar-refractivity contribution in [3.63, 3.8) is 0 Å². The van der Waals surface area contributed by atoms with Crippen molar-refractivity contribution in [1.82, 2.24) is 4.98 Å². The number of hydrogen-bond acceptors (Lipinski definition) is 2. The second-order valence-electron chi connectivity index (χ2n) is 3.62. The number of nitrogens with zero attached hydrogens (tertiary/aromatic N) is 2. The number of halogens is 2. The Balaban J connectivity index is 2.31. The van der Waals surface area contributed by atoms with Gasteiger partial charge >= 0.3 is 0 Å². The molecule has 0 bridgehead atoms. The standard InChI is InChI=1S/C10H8F2N2/c11-10(12)5-9(6-10,7-13)8-3-1-2-4-14-8/h1-4H,5-6H2. The number of aromatic nitrogens is 1. The molecule has 1 aliphatic carbocycles. The third kappa shape index (κ3) is 1.25. The van der Waals surface area contributed by atoms with Gasteiger partial charge in [0.25, 0.3) is 5.92 Å². The summed E-state index contributed by atoms with van der Waals surface area (Å²) in [5.74, 6) is -2.70. The normalized spacial score (nSPS) is 22.1. The molecular weight excluding hydrogens is 186 g/mol. The van der Waals surface area contributed by atoms with Crippen molar-refractivity contribution < 1.29 is 8.78 Å². The Morgan fingerprint density at radius 3 is 2.50 bits per heavy atom. The minimum absolute atomic E-state index is 0.409. The summed E-state index contributed by atoms with van der Waals surface area (Å²) in [5.41, 5.74) is -0.612. The molecule has 0 saturated heterocycles. The van der Waals surface area contributed by atoms with Gasteiger partial charge in [-0.3, -0.25) is 4.98 Å². The number of nitriles is 1. The molecule has 0 spiro atoms. The van der Waals surface area contributed by atoms with Crippen LogP contribution < -0.4 is 0 Å². The van der Waals surface area contributed by atoms with Gasteiger partial charge in [-0.05, 0) is 12.1 Å². The number of hydrogen-bond donors (Lipinski definition) is 0. The summed E-state index contributed by atoms with van der Waals surface area (Å²) < 4.78 is 25.5. The van der Waals surface area contributed by atoms with Gasteiger partial charge in [0.2, 0.25) is 0 Å². The first-order chi connectivity index (χ1) is 6.58. The monoisotopic (exact) mass is 194 g/mol. The molecule has 0 atom stereocenters. The van der Waals surface area contributed by atoms with E-state index in [1.54, 1.807) is 18.2 Å². The van der Waals surface area contributed by atoms with Gasteiger partial charge in [0, 0.05) is 19.0 Å². The minimum atomic E-state index is -2.70. The van der Waals surface area contributed by atoms with Crippen LogP contribution in [0.25, 0.3) is 0 Å². The van der Waals surface area contributed by atoms with Crippen LogP contribution in [0.5, 0.6) is 0 Å². The van der Waals surface area contributed by atoms with Crippen LogP contribution in [0.3, 0.4) is 0 Å². The van der Waals surface area contributed by atoms with E-state index in [1.807, 2.05) is 6.07 Å². The molecule has 0 aliphatic heterocycles. The molecule has 1 fully saturated rings. The second-order valence-corrected chi connectivity index (χ2v) is 3.62. The lowest BCUT2D eigenvalue weighted by atomic mass is 9.65. The lowest BCUT2D eigenvalue weighted by Gasteiger charge is -2.41. The molecule has 0 radical (unpaired) electrons. The summed E-state index contributed by atoms with van der Waals surface area (Å²) in [6.45, 7) is 0. The van der Waals surface area contributed by atoms with Crippen LogP contribution in [0.2, 0.25) is 0 Å². The highest BCUT2D eigenvalue weighted by Gasteiger charge is 2.58. The predicted octanol–water partition coefficient (Wildman–Crippen LogP) is 2.27. The van der Waals surface area contributed by atoms with Crippen molar-refractivity contribution in [2.45, 2.75) is 24.2 Å². The maximum Gasteiger partial charge on any atom is 0.252 e. The summed E-state index contributed by atoms with van der Waals surface area (Å²) in [6.07, 6.45) is 0.700. The molecule has 0 aromatic carbocycles.